The first kappa shape index (κ1) is 19.4. The average molecular weight is 367 g/mol. The van der Waals surface area contributed by atoms with Crippen LogP contribution in [0.3, 0.4) is 0 Å². The van der Waals surface area contributed by atoms with Crippen LogP contribution in [-0.2, 0) is 11.3 Å². The lowest BCUT2D eigenvalue weighted by Gasteiger charge is -2.40. The predicted octanol–water partition coefficient (Wildman–Crippen LogP) is 4.79. The Morgan fingerprint density at radius 2 is 1.63 bits per heavy atom. The molecule has 2 aromatic rings. The third-order valence-electron chi connectivity index (χ3n) is 4.86. The van der Waals surface area contributed by atoms with Crippen molar-refractivity contribution in [3.63, 3.8) is 0 Å². The molecule has 144 valence electrons. The molecule has 1 saturated heterocycles. The molecule has 3 rings (SSSR count). The summed E-state index contributed by atoms with van der Waals surface area (Å²) in [6, 6.07) is 19.5. The van der Waals surface area contributed by atoms with Gasteiger partial charge in [0.1, 0.15) is 5.60 Å². The number of carbonyl (C=O) groups is 1. The van der Waals surface area contributed by atoms with E-state index < -0.39 is 5.60 Å². The van der Waals surface area contributed by atoms with Crippen LogP contribution in [0, 0.1) is 0 Å². The number of ether oxygens (including phenoxy) is 1. The van der Waals surface area contributed by atoms with E-state index >= 15 is 0 Å². The Bertz CT molecular complexity index is 750. The van der Waals surface area contributed by atoms with Crippen molar-refractivity contribution in [1.82, 2.24) is 9.80 Å². The summed E-state index contributed by atoms with van der Waals surface area (Å²) in [6.07, 6.45) is -0.207. The average Bonchev–Trinajstić information content (AvgIpc) is 2.63. The summed E-state index contributed by atoms with van der Waals surface area (Å²) in [5, 5.41) is 0. The van der Waals surface area contributed by atoms with E-state index in [2.05, 4.69) is 60.4 Å². The molecule has 0 radical (unpaired) electrons. The molecule has 0 bridgehead atoms. The normalized spacial score (nSPS) is 18.4. The van der Waals surface area contributed by atoms with E-state index in [1.54, 1.807) is 0 Å². The van der Waals surface area contributed by atoms with Gasteiger partial charge in [0, 0.05) is 32.2 Å². The van der Waals surface area contributed by atoms with Crippen LogP contribution in [-0.4, -0.2) is 47.2 Å². The Kier molecular flexibility index (Phi) is 5.85. The van der Waals surface area contributed by atoms with Crippen molar-refractivity contribution in [2.24, 2.45) is 0 Å². The molecule has 1 fully saturated rings. The number of benzene rings is 2. The van der Waals surface area contributed by atoms with Crippen LogP contribution in [0.2, 0.25) is 0 Å². The maximum absolute atomic E-state index is 12.3. The van der Waals surface area contributed by atoms with Gasteiger partial charge in [0.2, 0.25) is 0 Å². The molecular formula is C23H30N2O2. The maximum atomic E-state index is 12.3. The molecule has 0 unspecified atom stereocenters. The second-order valence-electron chi connectivity index (χ2n) is 8.31. The summed E-state index contributed by atoms with van der Waals surface area (Å²) in [6.45, 7) is 11.1. The Morgan fingerprint density at radius 1 is 1.00 bits per heavy atom. The molecule has 1 amide bonds. The molecule has 0 N–H and O–H groups in total. The Labute approximate surface area is 162 Å². The van der Waals surface area contributed by atoms with Gasteiger partial charge >= 0.3 is 6.09 Å². The third-order valence-corrected chi connectivity index (χ3v) is 4.86. The lowest BCUT2D eigenvalue weighted by molar-refractivity contribution is 0.00461. The molecule has 1 atom stereocenters. The van der Waals surface area contributed by atoms with E-state index in [9.17, 15) is 4.79 Å². The number of carbonyl (C=O) groups excluding carboxylic acids is 1. The van der Waals surface area contributed by atoms with E-state index in [1.165, 1.54) is 16.7 Å². The van der Waals surface area contributed by atoms with E-state index in [-0.39, 0.29) is 6.09 Å². The van der Waals surface area contributed by atoms with Crippen molar-refractivity contribution >= 4 is 6.09 Å². The zero-order valence-electron chi connectivity index (χ0n) is 16.8. The van der Waals surface area contributed by atoms with Gasteiger partial charge in [-0.3, -0.25) is 4.90 Å². The fourth-order valence-corrected chi connectivity index (χ4v) is 3.39. The molecule has 1 aliphatic heterocycles. The number of hydrogen-bond donors (Lipinski definition) is 0. The van der Waals surface area contributed by atoms with Gasteiger partial charge < -0.3 is 9.64 Å². The second-order valence-corrected chi connectivity index (χ2v) is 8.31. The van der Waals surface area contributed by atoms with Crippen molar-refractivity contribution < 1.29 is 9.53 Å². The minimum Gasteiger partial charge on any atom is -0.444 e. The molecule has 4 nitrogen and oxygen atoms in total. The standard InChI is InChI=1S/C23H30N2O2/c1-18-16-25(22(26)27-23(2,3)4)15-14-24(18)17-19-10-12-21(13-11-19)20-8-6-5-7-9-20/h5-13,18H,14-17H2,1-4H3/t18-/m1/s1. The summed E-state index contributed by atoms with van der Waals surface area (Å²) in [4.78, 5) is 16.5. The highest BCUT2D eigenvalue weighted by molar-refractivity contribution is 5.68. The van der Waals surface area contributed by atoms with Gasteiger partial charge in [-0.2, -0.15) is 0 Å². The van der Waals surface area contributed by atoms with Crippen LogP contribution < -0.4 is 0 Å². The number of amides is 1. The van der Waals surface area contributed by atoms with Gasteiger partial charge in [0.25, 0.3) is 0 Å². The number of piperazine rings is 1. The number of rotatable bonds is 3. The fourth-order valence-electron chi connectivity index (χ4n) is 3.39. The molecule has 2 aromatic carbocycles. The molecule has 0 saturated carbocycles. The van der Waals surface area contributed by atoms with Crippen molar-refractivity contribution in [1.29, 1.82) is 0 Å². The smallest absolute Gasteiger partial charge is 0.410 e. The van der Waals surface area contributed by atoms with E-state index in [1.807, 2.05) is 31.7 Å². The lowest BCUT2D eigenvalue weighted by atomic mass is 10.0. The molecule has 1 aliphatic rings. The fraction of sp³-hybridized carbons (Fsp3) is 0.435. The first-order valence-electron chi connectivity index (χ1n) is 9.68. The molecule has 0 spiro atoms. The zero-order chi connectivity index (χ0) is 19.4. The van der Waals surface area contributed by atoms with Crippen LogP contribution in [0.5, 0.6) is 0 Å². The minimum atomic E-state index is -0.446. The van der Waals surface area contributed by atoms with Gasteiger partial charge in [-0.1, -0.05) is 54.6 Å². The highest BCUT2D eigenvalue weighted by atomic mass is 16.6. The quantitative estimate of drug-likeness (QED) is 0.783. The summed E-state index contributed by atoms with van der Waals surface area (Å²) in [7, 11) is 0. The van der Waals surface area contributed by atoms with Crippen molar-refractivity contribution in [2.45, 2.75) is 45.9 Å². The van der Waals surface area contributed by atoms with E-state index in [4.69, 9.17) is 4.74 Å². The molecular weight excluding hydrogens is 336 g/mol. The van der Waals surface area contributed by atoms with Gasteiger partial charge in [-0.05, 0) is 44.4 Å². The molecule has 4 heteroatoms. The lowest BCUT2D eigenvalue weighted by Crippen LogP contribution is -2.54. The highest BCUT2D eigenvalue weighted by Gasteiger charge is 2.29. The van der Waals surface area contributed by atoms with Gasteiger partial charge in [0.05, 0.1) is 0 Å². The molecule has 0 aliphatic carbocycles. The van der Waals surface area contributed by atoms with Crippen LogP contribution in [0.15, 0.2) is 54.6 Å². The largest absolute Gasteiger partial charge is 0.444 e. The van der Waals surface area contributed by atoms with Gasteiger partial charge in [-0.15, -0.1) is 0 Å². The van der Waals surface area contributed by atoms with Crippen LogP contribution in [0.25, 0.3) is 11.1 Å². The molecule has 27 heavy (non-hydrogen) atoms. The second kappa shape index (κ2) is 8.13. The summed E-state index contributed by atoms with van der Waals surface area (Å²) in [5.74, 6) is 0. The molecule has 0 aromatic heterocycles. The first-order chi connectivity index (χ1) is 12.8. The maximum Gasteiger partial charge on any atom is 0.410 e. The summed E-state index contributed by atoms with van der Waals surface area (Å²) < 4.78 is 5.50. The summed E-state index contributed by atoms with van der Waals surface area (Å²) in [5.41, 5.74) is 3.33. The first-order valence-corrected chi connectivity index (χ1v) is 9.68. The van der Waals surface area contributed by atoms with Crippen molar-refractivity contribution in [3.8, 4) is 11.1 Å². The monoisotopic (exact) mass is 366 g/mol. The van der Waals surface area contributed by atoms with Crippen LogP contribution >= 0.6 is 0 Å². The SMILES string of the molecule is C[C@@H]1CN(C(=O)OC(C)(C)C)CCN1Cc1ccc(-c2ccccc2)cc1. The van der Waals surface area contributed by atoms with Gasteiger partial charge in [-0.25, -0.2) is 4.79 Å². The predicted molar refractivity (Wildman–Crippen MR) is 110 cm³/mol. The number of hydrogen-bond acceptors (Lipinski definition) is 3. The summed E-state index contributed by atoms with van der Waals surface area (Å²) >= 11 is 0. The zero-order valence-corrected chi connectivity index (χ0v) is 16.8. The Balaban J connectivity index is 1.57. The van der Waals surface area contributed by atoms with Gasteiger partial charge in [0.15, 0.2) is 0 Å². The van der Waals surface area contributed by atoms with Crippen LogP contribution in [0.4, 0.5) is 4.79 Å². The minimum absolute atomic E-state index is 0.207. The molecule has 1 heterocycles. The highest BCUT2D eigenvalue weighted by Crippen LogP contribution is 2.21. The van der Waals surface area contributed by atoms with Crippen molar-refractivity contribution in [3.05, 3.63) is 60.2 Å². The number of nitrogens with zero attached hydrogens (tertiary/aromatic N) is 2. The Morgan fingerprint density at radius 3 is 2.22 bits per heavy atom. The van der Waals surface area contributed by atoms with Crippen LogP contribution in [0.1, 0.15) is 33.3 Å². The van der Waals surface area contributed by atoms with E-state index in [0.717, 1.165) is 13.1 Å². The third kappa shape index (κ3) is 5.33. The van der Waals surface area contributed by atoms with E-state index in [0.29, 0.717) is 19.1 Å². The van der Waals surface area contributed by atoms with Crippen molar-refractivity contribution in [2.75, 3.05) is 19.6 Å². The topological polar surface area (TPSA) is 32.8 Å². The Hall–Kier alpha value is -2.33.